The molecular weight excluding hydrogens is 338 g/mol. The maximum Gasteiger partial charge on any atom is 0.328 e. The molecular formula is C11H15NO6S3. The van der Waals surface area contributed by atoms with Crippen LogP contribution in [0.25, 0.3) is 6.08 Å². The molecule has 0 fully saturated rings. The van der Waals surface area contributed by atoms with Crippen molar-refractivity contribution in [3.05, 3.63) is 28.0 Å². The smallest absolute Gasteiger partial charge is 0.328 e. The number of carboxylic acids is 1. The second-order valence-electron chi connectivity index (χ2n) is 4.24. The summed E-state index contributed by atoms with van der Waals surface area (Å²) in [7, 11) is -7.05. The minimum absolute atomic E-state index is 0.0109. The van der Waals surface area contributed by atoms with Crippen LogP contribution in [0, 0.1) is 0 Å². The van der Waals surface area contributed by atoms with Crippen molar-refractivity contribution in [3.8, 4) is 0 Å². The Labute approximate surface area is 127 Å². The van der Waals surface area contributed by atoms with Crippen molar-refractivity contribution in [1.29, 1.82) is 0 Å². The van der Waals surface area contributed by atoms with Gasteiger partial charge in [-0.25, -0.2) is 26.4 Å². The second kappa shape index (κ2) is 7.16. The quantitative estimate of drug-likeness (QED) is 0.650. The average molecular weight is 353 g/mol. The number of sulfone groups is 1. The summed E-state index contributed by atoms with van der Waals surface area (Å²) in [6.45, 7) is -0.0109. The van der Waals surface area contributed by atoms with E-state index in [1.807, 2.05) is 0 Å². The number of thiophene rings is 1. The first-order valence-corrected chi connectivity index (χ1v) is 10.3. The molecule has 1 rings (SSSR count). The van der Waals surface area contributed by atoms with E-state index in [2.05, 4.69) is 4.72 Å². The third-order valence-electron chi connectivity index (χ3n) is 2.36. The predicted octanol–water partition coefficient (Wildman–Crippen LogP) is 0.310. The average Bonchev–Trinajstić information content (AvgIpc) is 2.78. The molecule has 118 valence electrons. The van der Waals surface area contributed by atoms with E-state index in [0.717, 1.165) is 12.3 Å². The van der Waals surface area contributed by atoms with E-state index < -0.39 is 37.3 Å². The van der Waals surface area contributed by atoms with E-state index in [4.69, 9.17) is 5.11 Å². The Balaban J connectivity index is 2.67. The molecule has 0 saturated carbocycles. The summed E-state index contributed by atoms with van der Waals surface area (Å²) in [5, 5.41) is 10.3. The molecule has 0 aliphatic carbocycles. The van der Waals surface area contributed by atoms with Crippen molar-refractivity contribution >= 4 is 43.2 Å². The first-order valence-electron chi connectivity index (χ1n) is 5.71. The van der Waals surface area contributed by atoms with Crippen molar-refractivity contribution in [3.63, 3.8) is 0 Å². The Morgan fingerprint density at radius 1 is 1.33 bits per heavy atom. The first-order chi connectivity index (χ1) is 9.59. The van der Waals surface area contributed by atoms with E-state index in [9.17, 15) is 21.6 Å². The molecule has 0 aliphatic rings. The molecule has 0 atom stereocenters. The van der Waals surface area contributed by atoms with Crippen LogP contribution in [0.1, 0.15) is 10.4 Å². The molecule has 0 amide bonds. The third-order valence-corrected chi connectivity index (χ3v) is 5.83. The summed E-state index contributed by atoms with van der Waals surface area (Å²) < 4.78 is 47.6. The van der Waals surface area contributed by atoms with Gasteiger partial charge in [0.1, 0.15) is 9.84 Å². The van der Waals surface area contributed by atoms with Crippen LogP contribution in [0.3, 0.4) is 0 Å². The van der Waals surface area contributed by atoms with Gasteiger partial charge in [-0.2, -0.15) is 0 Å². The molecule has 1 aromatic heterocycles. The Morgan fingerprint density at radius 2 is 2.00 bits per heavy atom. The van der Waals surface area contributed by atoms with E-state index in [-0.39, 0.29) is 6.54 Å². The Kier molecular flexibility index (Phi) is 6.08. The van der Waals surface area contributed by atoms with Gasteiger partial charge in [0.2, 0.25) is 10.0 Å². The highest BCUT2D eigenvalue weighted by atomic mass is 32.2. The van der Waals surface area contributed by atoms with Crippen LogP contribution in [0.5, 0.6) is 0 Å². The number of carbonyl (C=O) groups is 1. The van der Waals surface area contributed by atoms with Crippen molar-refractivity contribution in [2.45, 2.75) is 6.54 Å². The lowest BCUT2D eigenvalue weighted by Gasteiger charge is -2.05. The minimum atomic E-state index is -3.70. The van der Waals surface area contributed by atoms with Gasteiger partial charge >= 0.3 is 5.97 Å². The van der Waals surface area contributed by atoms with Gasteiger partial charge in [-0.15, -0.1) is 11.3 Å². The molecule has 7 nitrogen and oxygen atoms in total. The molecule has 0 aromatic carbocycles. The number of carboxylic acid groups (broad SMARTS) is 1. The van der Waals surface area contributed by atoms with Crippen molar-refractivity contribution < 1.29 is 26.7 Å². The van der Waals surface area contributed by atoms with E-state index >= 15 is 0 Å². The number of sulfonamides is 1. The van der Waals surface area contributed by atoms with Crippen LogP contribution >= 0.6 is 11.3 Å². The van der Waals surface area contributed by atoms with Gasteiger partial charge in [-0.05, 0) is 23.1 Å². The lowest BCUT2D eigenvalue weighted by Crippen LogP contribution is -2.29. The van der Waals surface area contributed by atoms with Crippen LogP contribution in [0.2, 0.25) is 0 Å². The summed E-state index contributed by atoms with van der Waals surface area (Å²) in [5.41, 5.74) is 0.605. The maximum absolute atomic E-state index is 11.7. The van der Waals surface area contributed by atoms with E-state index in [1.54, 1.807) is 11.4 Å². The fraction of sp³-hybridized carbons (Fsp3) is 0.364. The van der Waals surface area contributed by atoms with E-state index in [0.29, 0.717) is 10.4 Å². The number of nitrogens with one attached hydrogen (secondary N) is 1. The van der Waals surface area contributed by atoms with Crippen molar-refractivity contribution in [2.75, 3.05) is 17.8 Å². The highest BCUT2D eigenvalue weighted by molar-refractivity contribution is 7.93. The van der Waals surface area contributed by atoms with Crippen LogP contribution < -0.4 is 4.72 Å². The van der Waals surface area contributed by atoms with Crippen LogP contribution in [-0.2, 0) is 31.2 Å². The standard InChI is InChI=1S/C11H15NO6S3/c1-20(15,16)6-7-21(17,18)12-8-10-9(4-5-19-10)2-3-11(13)14/h2-5,12H,6-8H2,1H3,(H,13,14)/b3-2+. The molecule has 2 N–H and O–H groups in total. The molecule has 0 bridgehead atoms. The number of hydrogen-bond donors (Lipinski definition) is 2. The van der Waals surface area contributed by atoms with Gasteiger partial charge in [0.05, 0.1) is 11.5 Å². The summed E-state index contributed by atoms with van der Waals surface area (Å²) in [5.74, 6) is -2.04. The van der Waals surface area contributed by atoms with Crippen molar-refractivity contribution in [1.82, 2.24) is 4.72 Å². The SMILES string of the molecule is CS(=O)(=O)CCS(=O)(=O)NCc1sccc1/C=C/C(=O)O. The Morgan fingerprint density at radius 3 is 2.57 bits per heavy atom. The molecule has 0 saturated heterocycles. The normalized spacial score (nSPS) is 12.8. The molecule has 10 heteroatoms. The second-order valence-corrected chi connectivity index (χ2v) is 9.43. The molecule has 1 aromatic rings. The Bertz CT molecular complexity index is 730. The Hall–Kier alpha value is -1.23. The number of hydrogen-bond acceptors (Lipinski definition) is 6. The van der Waals surface area contributed by atoms with Gasteiger partial charge in [0.25, 0.3) is 0 Å². The predicted molar refractivity (Wildman–Crippen MR) is 81.3 cm³/mol. The zero-order chi connectivity index (χ0) is 16.1. The van der Waals surface area contributed by atoms with Gasteiger partial charge in [-0.3, -0.25) is 0 Å². The molecule has 1 heterocycles. The zero-order valence-corrected chi connectivity index (χ0v) is 13.6. The lowest BCUT2D eigenvalue weighted by molar-refractivity contribution is -0.131. The molecule has 21 heavy (non-hydrogen) atoms. The van der Waals surface area contributed by atoms with Crippen molar-refractivity contribution in [2.24, 2.45) is 0 Å². The highest BCUT2D eigenvalue weighted by Gasteiger charge is 2.15. The fourth-order valence-corrected chi connectivity index (χ4v) is 4.81. The van der Waals surface area contributed by atoms with Gasteiger partial charge in [-0.1, -0.05) is 0 Å². The molecule has 0 unspecified atom stereocenters. The minimum Gasteiger partial charge on any atom is -0.478 e. The number of aliphatic carboxylic acids is 1. The summed E-state index contributed by atoms with van der Waals surface area (Å²) >= 11 is 1.28. The zero-order valence-electron chi connectivity index (χ0n) is 11.1. The lowest BCUT2D eigenvalue weighted by atomic mass is 10.2. The van der Waals surface area contributed by atoms with Crippen LogP contribution in [0.15, 0.2) is 17.5 Å². The van der Waals surface area contributed by atoms with Gasteiger partial charge in [0.15, 0.2) is 0 Å². The molecule has 0 aliphatic heterocycles. The van der Waals surface area contributed by atoms with E-state index in [1.165, 1.54) is 17.4 Å². The molecule has 0 radical (unpaired) electrons. The first kappa shape index (κ1) is 17.8. The van der Waals surface area contributed by atoms with Crippen LogP contribution in [-0.4, -0.2) is 45.7 Å². The topological polar surface area (TPSA) is 118 Å². The maximum atomic E-state index is 11.7. The fourth-order valence-electron chi connectivity index (χ4n) is 1.31. The number of rotatable bonds is 8. The van der Waals surface area contributed by atoms with Gasteiger partial charge in [0, 0.05) is 23.8 Å². The third kappa shape index (κ3) is 7.37. The monoisotopic (exact) mass is 353 g/mol. The highest BCUT2D eigenvalue weighted by Crippen LogP contribution is 2.18. The summed E-state index contributed by atoms with van der Waals surface area (Å²) in [6, 6.07) is 1.67. The molecule has 0 spiro atoms. The summed E-state index contributed by atoms with van der Waals surface area (Å²) in [6.07, 6.45) is 3.30. The van der Waals surface area contributed by atoms with Gasteiger partial charge < -0.3 is 5.11 Å². The largest absolute Gasteiger partial charge is 0.478 e. The summed E-state index contributed by atoms with van der Waals surface area (Å²) in [4.78, 5) is 11.1. The van der Waals surface area contributed by atoms with Crippen LogP contribution in [0.4, 0.5) is 0 Å².